The number of nitrogens with zero attached hydrogens (tertiary/aromatic N) is 1. The minimum Gasteiger partial charge on any atom is -0.464 e. The summed E-state index contributed by atoms with van der Waals surface area (Å²) in [5, 5.41) is 0. The van der Waals surface area contributed by atoms with Crippen molar-refractivity contribution in [2.75, 3.05) is 19.8 Å². The molecule has 1 aliphatic heterocycles. The van der Waals surface area contributed by atoms with Gasteiger partial charge in [0.15, 0.2) is 0 Å². The largest absolute Gasteiger partial charge is 0.464 e. The van der Waals surface area contributed by atoms with Crippen LogP contribution in [-0.2, 0) is 19.1 Å². The van der Waals surface area contributed by atoms with E-state index in [2.05, 4.69) is 12.4 Å². The number of hydroxylamine groups is 1. The van der Waals surface area contributed by atoms with Crippen LogP contribution in [0, 0.1) is 0 Å². The quantitative estimate of drug-likeness (QED) is 0.435. The first-order valence-electron chi connectivity index (χ1n) is 8.82. The maximum Gasteiger partial charge on any atom is 0.411 e. The molecule has 0 unspecified atom stereocenters. The molecule has 1 heterocycles. The van der Waals surface area contributed by atoms with Crippen LogP contribution >= 0.6 is 0 Å². The number of ether oxygens (including phenoxy) is 2. The van der Waals surface area contributed by atoms with Crippen molar-refractivity contribution in [3.05, 3.63) is 0 Å². The van der Waals surface area contributed by atoms with Crippen LogP contribution in [0.25, 0.3) is 0 Å². The van der Waals surface area contributed by atoms with Crippen molar-refractivity contribution in [3.63, 3.8) is 0 Å². The molecule has 1 aliphatic rings. The highest BCUT2D eigenvalue weighted by atomic mass is 16.6. The number of hydrogen-bond donors (Lipinski definition) is 1. The van der Waals surface area contributed by atoms with Crippen LogP contribution in [0.4, 0.5) is 4.79 Å². The number of unbranched alkanes of at least 4 members (excludes halogenated alkanes) is 1. The van der Waals surface area contributed by atoms with E-state index in [1.165, 1.54) is 4.90 Å². The Morgan fingerprint density at radius 1 is 1.21 bits per heavy atom. The fourth-order valence-electron chi connectivity index (χ4n) is 2.47. The summed E-state index contributed by atoms with van der Waals surface area (Å²) >= 11 is 0. The first-order chi connectivity index (χ1) is 11.3. The van der Waals surface area contributed by atoms with E-state index in [-0.39, 0.29) is 12.0 Å². The molecule has 0 saturated carbocycles. The second kappa shape index (κ2) is 9.84. The zero-order valence-electron chi connectivity index (χ0n) is 15.6. The van der Waals surface area contributed by atoms with Gasteiger partial charge in [-0.25, -0.2) is 9.59 Å². The van der Waals surface area contributed by atoms with Crippen LogP contribution in [0.5, 0.6) is 0 Å². The highest BCUT2D eigenvalue weighted by Crippen LogP contribution is 2.22. The number of carbonyl (C=O) groups is 2. The van der Waals surface area contributed by atoms with Crippen LogP contribution in [0.3, 0.4) is 0 Å². The van der Waals surface area contributed by atoms with Gasteiger partial charge < -0.3 is 14.3 Å². The number of carbonyl (C=O) groups excluding carboxylic acids is 2. The summed E-state index contributed by atoms with van der Waals surface area (Å²) in [6.45, 7) is 10.5. The Morgan fingerprint density at radius 2 is 1.92 bits per heavy atom. The SMILES string of the molecule is CCCCON[C@@H]1CC[C@@H](C(=O)OCC)N(C(=O)OC(C)(C)C)C1. The summed E-state index contributed by atoms with van der Waals surface area (Å²) in [5.41, 5.74) is 2.38. The second-order valence-corrected chi connectivity index (χ2v) is 6.99. The van der Waals surface area contributed by atoms with Gasteiger partial charge in [-0.3, -0.25) is 4.90 Å². The van der Waals surface area contributed by atoms with Crippen molar-refractivity contribution in [2.45, 2.75) is 78.0 Å². The molecule has 7 nitrogen and oxygen atoms in total. The smallest absolute Gasteiger partial charge is 0.411 e. The van der Waals surface area contributed by atoms with Crippen LogP contribution < -0.4 is 5.48 Å². The van der Waals surface area contributed by atoms with Gasteiger partial charge in [0, 0.05) is 6.54 Å². The zero-order valence-corrected chi connectivity index (χ0v) is 15.6. The number of hydrogen-bond acceptors (Lipinski definition) is 6. The molecular weight excluding hydrogens is 312 g/mol. The predicted molar refractivity (Wildman–Crippen MR) is 90.4 cm³/mol. The summed E-state index contributed by atoms with van der Waals surface area (Å²) in [4.78, 5) is 31.5. The molecule has 0 spiro atoms. The molecule has 1 amide bonds. The summed E-state index contributed by atoms with van der Waals surface area (Å²) < 4.78 is 10.5. The highest BCUT2D eigenvalue weighted by Gasteiger charge is 2.39. The topological polar surface area (TPSA) is 77.1 Å². The monoisotopic (exact) mass is 344 g/mol. The first kappa shape index (κ1) is 20.7. The van der Waals surface area contributed by atoms with E-state index in [1.54, 1.807) is 27.7 Å². The maximum absolute atomic E-state index is 12.5. The van der Waals surface area contributed by atoms with Gasteiger partial charge >= 0.3 is 12.1 Å². The number of amides is 1. The number of nitrogens with one attached hydrogen (secondary N) is 1. The van der Waals surface area contributed by atoms with Crippen molar-refractivity contribution in [3.8, 4) is 0 Å². The van der Waals surface area contributed by atoms with Crippen molar-refractivity contribution >= 4 is 12.1 Å². The van der Waals surface area contributed by atoms with Gasteiger partial charge in [0.1, 0.15) is 11.6 Å². The third-order valence-electron chi connectivity index (χ3n) is 3.62. The number of likely N-dealkylation sites (tertiary alicyclic amines) is 1. The summed E-state index contributed by atoms with van der Waals surface area (Å²) in [5.74, 6) is -0.381. The van der Waals surface area contributed by atoms with E-state index < -0.39 is 17.7 Å². The Bertz CT molecular complexity index is 408. The van der Waals surface area contributed by atoms with Gasteiger partial charge in [0.2, 0.25) is 0 Å². The van der Waals surface area contributed by atoms with E-state index in [0.717, 1.165) is 19.3 Å². The molecule has 0 bridgehead atoms. The maximum atomic E-state index is 12.5. The van der Waals surface area contributed by atoms with Gasteiger partial charge in [-0.1, -0.05) is 13.3 Å². The molecule has 140 valence electrons. The molecule has 0 aliphatic carbocycles. The molecule has 0 aromatic carbocycles. The molecular formula is C17H32N2O5. The Hall–Kier alpha value is -1.34. The van der Waals surface area contributed by atoms with Crippen molar-refractivity contribution < 1.29 is 23.9 Å². The number of esters is 1. The molecule has 0 aromatic rings. The van der Waals surface area contributed by atoms with E-state index in [4.69, 9.17) is 14.3 Å². The number of piperidine rings is 1. The average molecular weight is 344 g/mol. The third-order valence-corrected chi connectivity index (χ3v) is 3.62. The summed E-state index contributed by atoms with van der Waals surface area (Å²) in [6, 6.07) is -0.631. The molecule has 1 rings (SSSR count). The Labute approximate surface area is 144 Å². The van der Waals surface area contributed by atoms with E-state index in [1.807, 2.05) is 0 Å². The van der Waals surface area contributed by atoms with Crippen LogP contribution in [0.1, 0.15) is 60.3 Å². The van der Waals surface area contributed by atoms with Gasteiger partial charge in [0.05, 0.1) is 19.3 Å². The van der Waals surface area contributed by atoms with Crippen LogP contribution in [-0.4, -0.2) is 54.4 Å². The lowest BCUT2D eigenvalue weighted by Gasteiger charge is -2.38. The lowest BCUT2D eigenvalue weighted by Crippen LogP contribution is -2.56. The minimum atomic E-state index is -0.617. The highest BCUT2D eigenvalue weighted by molar-refractivity contribution is 5.81. The molecule has 1 fully saturated rings. The minimum absolute atomic E-state index is 0.0277. The molecule has 0 radical (unpaired) electrons. The van der Waals surface area contributed by atoms with E-state index in [9.17, 15) is 9.59 Å². The molecule has 2 atom stereocenters. The average Bonchev–Trinajstić information content (AvgIpc) is 2.50. The molecule has 24 heavy (non-hydrogen) atoms. The van der Waals surface area contributed by atoms with Gasteiger partial charge in [-0.05, 0) is 47.0 Å². The van der Waals surface area contributed by atoms with Gasteiger partial charge in [-0.2, -0.15) is 5.48 Å². The fourth-order valence-corrected chi connectivity index (χ4v) is 2.47. The molecule has 1 saturated heterocycles. The molecule has 1 N–H and O–H groups in total. The Morgan fingerprint density at radius 3 is 2.50 bits per heavy atom. The Balaban J connectivity index is 2.70. The van der Waals surface area contributed by atoms with Crippen molar-refractivity contribution in [1.82, 2.24) is 10.4 Å². The van der Waals surface area contributed by atoms with Gasteiger partial charge in [0.25, 0.3) is 0 Å². The fraction of sp³-hybridized carbons (Fsp3) is 0.882. The summed E-state index contributed by atoms with van der Waals surface area (Å²) in [6.07, 6.45) is 2.78. The molecule has 7 heteroatoms. The predicted octanol–water partition coefficient (Wildman–Crippen LogP) is 2.64. The lowest BCUT2D eigenvalue weighted by atomic mass is 9.99. The Kier molecular flexibility index (Phi) is 8.48. The van der Waals surface area contributed by atoms with E-state index in [0.29, 0.717) is 26.2 Å². The second-order valence-electron chi connectivity index (χ2n) is 6.99. The van der Waals surface area contributed by atoms with Crippen molar-refractivity contribution in [1.29, 1.82) is 0 Å². The van der Waals surface area contributed by atoms with Crippen LogP contribution in [0.15, 0.2) is 0 Å². The zero-order chi connectivity index (χ0) is 18.2. The normalized spacial score (nSPS) is 21.5. The van der Waals surface area contributed by atoms with Gasteiger partial charge in [-0.15, -0.1) is 0 Å². The molecule has 0 aromatic heterocycles. The standard InChI is InChI=1S/C17H32N2O5/c1-6-8-11-23-18-13-9-10-14(15(20)22-7-2)19(12-13)16(21)24-17(3,4)5/h13-14,18H,6-12H2,1-5H3/t13-,14+/m1/s1. The lowest BCUT2D eigenvalue weighted by molar-refractivity contribution is -0.151. The number of rotatable bonds is 7. The first-order valence-corrected chi connectivity index (χ1v) is 8.82. The van der Waals surface area contributed by atoms with E-state index >= 15 is 0 Å². The van der Waals surface area contributed by atoms with Crippen LogP contribution in [0.2, 0.25) is 0 Å². The third kappa shape index (κ3) is 7.05. The van der Waals surface area contributed by atoms with Crippen molar-refractivity contribution in [2.24, 2.45) is 0 Å². The summed E-state index contributed by atoms with van der Waals surface area (Å²) in [7, 11) is 0.